The van der Waals surface area contributed by atoms with Crippen LogP contribution in [0.5, 0.6) is 0 Å². The molecule has 1 amide bonds. The Balaban J connectivity index is 1.84. The molecule has 8 nitrogen and oxygen atoms in total. The molecule has 0 saturated carbocycles. The number of amides is 1. The van der Waals surface area contributed by atoms with Crippen LogP contribution in [-0.4, -0.2) is 44.2 Å². The molecular formula is C14H22N6O2. The van der Waals surface area contributed by atoms with E-state index < -0.39 is 0 Å². The zero-order chi connectivity index (χ0) is 15.9. The van der Waals surface area contributed by atoms with Gasteiger partial charge < -0.3 is 14.6 Å². The molecule has 0 aliphatic carbocycles. The highest BCUT2D eigenvalue weighted by molar-refractivity contribution is 5.76. The summed E-state index contributed by atoms with van der Waals surface area (Å²) in [6.45, 7) is 5.65. The maximum Gasteiger partial charge on any atom is 0.222 e. The van der Waals surface area contributed by atoms with Crippen molar-refractivity contribution in [1.29, 1.82) is 0 Å². The Hall–Kier alpha value is -2.22. The van der Waals surface area contributed by atoms with Crippen molar-refractivity contribution in [2.24, 2.45) is 0 Å². The lowest BCUT2D eigenvalue weighted by atomic mass is 10.3. The van der Waals surface area contributed by atoms with Crippen LogP contribution < -0.4 is 5.32 Å². The normalized spacial score (nSPS) is 12.3. The second kappa shape index (κ2) is 7.69. The fourth-order valence-corrected chi connectivity index (χ4v) is 2.14. The second-order valence-electron chi connectivity index (χ2n) is 5.20. The Morgan fingerprint density at radius 3 is 2.95 bits per heavy atom. The molecule has 0 radical (unpaired) electrons. The van der Waals surface area contributed by atoms with Gasteiger partial charge in [0.2, 0.25) is 5.91 Å². The van der Waals surface area contributed by atoms with Gasteiger partial charge in [0.1, 0.15) is 6.33 Å². The van der Waals surface area contributed by atoms with Crippen LogP contribution in [0.2, 0.25) is 0 Å². The summed E-state index contributed by atoms with van der Waals surface area (Å²) in [6.07, 6.45) is 5.71. The van der Waals surface area contributed by atoms with E-state index in [4.69, 9.17) is 4.74 Å². The number of ether oxygens (including phenoxy) is 1. The number of rotatable bonds is 8. The molecule has 120 valence electrons. The van der Waals surface area contributed by atoms with E-state index in [0.29, 0.717) is 26.1 Å². The molecule has 0 spiro atoms. The Labute approximate surface area is 129 Å². The summed E-state index contributed by atoms with van der Waals surface area (Å²) in [7, 11) is 1.65. The van der Waals surface area contributed by atoms with E-state index >= 15 is 0 Å². The van der Waals surface area contributed by atoms with Crippen molar-refractivity contribution in [3.8, 4) is 0 Å². The van der Waals surface area contributed by atoms with Crippen molar-refractivity contribution in [1.82, 2.24) is 29.9 Å². The van der Waals surface area contributed by atoms with Gasteiger partial charge in [-0.1, -0.05) is 0 Å². The van der Waals surface area contributed by atoms with E-state index in [1.54, 1.807) is 24.3 Å². The van der Waals surface area contributed by atoms with Crippen molar-refractivity contribution in [3.63, 3.8) is 0 Å². The SMILES string of the molecule is COCCn1cnnc1[C@H](C)NC(=O)CCn1cc(C)cn1. The molecule has 22 heavy (non-hydrogen) atoms. The Kier molecular flexibility index (Phi) is 5.65. The predicted octanol–water partition coefficient (Wildman–Crippen LogP) is 0.697. The highest BCUT2D eigenvalue weighted by atomic mass is 16.5. The van der Waals surface area contributed by atoms with Crippen molar-refractivity contribution in [2.45, 2.75) is 39.4 Å². The maximum absolute atomic E-state index is 12.0. The Morgan fingerprint density at radius 1 is 1.45 bits per heavy atom. The fraction of sp³-hybridized carbons (Fsp3) is 0.571. The Bertz CT molecular complexity index is 606. The summed E-state index contributed by atoms with van der Waals surface area (Å²) in [6, 6.07) is -0.203. The monoisotopic (exact) mass is 306 g/mol. The topological polar surface area (TPSA) is 86.9 Å². The van der Waals surface area contributed by atoms with Crippen LogP contribution in [0.3, 0.4) is 0 Å². The highest BCUT2D eigenvalue weighted by Crippen LogP contribution is 2.09. The quantitative estimate of drug-likeness (QED) is 0.775. The first-order chi connectivity index (χ1) is 10.6. The summed E-state index contributed by atoms with van der Waals surface area (Å²) in [5, 5.41) is 15.1. The maximum atomic E-state index is 12.0. The van der Waals surface area contributed by atoms with E-state index in [1.165, 1.54) is 0 Å². The summed E-state index contributed by atoms with van der Waals surface area (Å²) in [4.78, 5) is 12.0. The van der Waals surface area contributed by atoms with Crippen molar-refractivity contribution in [2.75, 3.05) is 13.7 Å². The molecule has 2 heterocycles. The van der Waals surface area contributed by atoms with Crippen LogP contribution in [0.4, 0.5) is 0 Å². The largest absolute Gasteiger partial charge is 0.383 e. The second-order valence-corrected chi connectivity index (χ2v) is 5.20. The lowest BCUT2D eigenvalue weighted by Crippen LogP contribution is -2.29. The standard InChI is InChI=1S/C14H22N6O2/c1-11-8-16-20(9-11)5-4-13(21)17-12(2)14-18-15-10-19(14)6-7-22-3/h8-10,12H,4-7H2,1-3H3,(H,17,21)/t12-/m0/s1. The van der Waals surface area contributed by atoms with Gasteiger partial charge in [-0.15, -0.1) is 10.2 Å². The highest BCUT2D eigenvalue weighted by Gasteiger charge is 2.15. The number of methoxy groups -OCH3 is 1. The summed E-state index contributed by atoms with van der Waals surface area (Å²) in [5.41, 5.74) is 1.08. The van der Waals surface area contributed by atoms with Crippen molar-refractivity contribution >= 4 is 5.91 Å². The molecule has 0 bridgehead atoms. The summed E-state index contributed by atoms with van der Waals surface area (Å²) < 4.78 is 8.69. The van der Waals surface area contributed by atoms with Gasteiger partial charge in [-0.2, -0.15) is 5.10 Å². The van der Waals surface area contributed by atoms with Crippen LogP contribution in [0.1, 0.15) is 30.8 Å². The third kappa shape index (κ3) is 4.39. The molecule has 0 aliphatic heterocycles. The lowest BCUT2D eigenvalue weighted by Gasteiger charge is -2.14. The van der Waals surface area contributed by atoms with Gasteiger partial charge in [-0.3, -0.25) is 9.48 Å². The molecule has 0 unspecified atom stereocenters. The average molecular weight is 306 g/mol. The van der Waals surface area contributed by atoms with Gasteiger partial charge in [0.05, 0.1) is 18.8 Å². The molecule has 0 aromatic carbocycles. The van der Waals surface area contributed by atoms with Crippen LogP contribution in [-0.2, 0) is 22.6 Å². The molecule has 1 atom stereocenters. The lowest BCUT2D eigenvalue weighted by molar-refractivity contribution is -0.122. The number of carbonyl (C=O) groups excluding carboxylic acids is 1. The van der Waals surface area contributed by atoms with Gasteiger partial charge in [0.15, 0.2) is 5.82 Å². The zero-order valence-corrected chi connectivity index (χ0v) is 13.2. The first-order valence-electron chi connectivity index (χ1n) is 7.25. The van der Waals surface area contributed by atoms with E-state index in [-0.39, 0.29) is 11.9 Å². The number of nitrogens with zero attached hydrogens (tertiary/aromatic N) is 5. The van der Waals surface area contributed by atoms with Gasteiger partial charge in [0.25, 0.3) is 0 Å². The van der Waals surface area contributed by atoms with Gasteiger partial charge in [-0.05, 0) is 19.4 Å². The Morgan fingerprint density at radius 2 is 2.27 bits per heavy atom. The molecule has 8 heteroatoms. The average Bonchev–Trinajstić information content (AvgIpc) is 3.11. The molecular weight excluding hydrogens is 284 g/mol. The minimum absolute atomic E-state index is 0.0399. The first-order valence-corrected chi connectivity index (χ1v) is 7.25. The minimum atomic E-state index is -0.203. The zero-order valence-electron chi connectivity index (χ0n) is 13.2. The smallest absolute Gasteiger partial charge is 0.222 e. The van der Waals surface area contributed by atoms with Crippen LogP contribution in [0.25, 0.3) is 0 Å². The molecule has 2 rings (SSSR count). The molecule has 2 aromatic rings. The third-order valence-electron chi connectivity index (χ3n) is 3.28. The van der Waals surface area contributed by atoms with E-state index in [9.17, 15) is 4.79 Å². The van der Waals surface area contributed by atoms with Gasteiger partial charge >= 0.3 is 0 Å². The number of carbonyl (C=O) groups is 1. The van der Waals surface area contributed by atoms with Crippen molar-refractivity contribution in [3.05, 3.63) is 30.1 Å². The molecule has 0 fully saturated rings. The van der Waals surface area contributed by atoms with Crippen molar-refractivity contribution < 1.29 is 9.53 Å². The van der Waals surface area contributed by atoms with E-state index in [1.807, 2.05) is 24.6 Å². The molecule has 2 aromatic heterocycles. The van der Waals surface area contributed by atoms with Gasteiger partial charge in [-0.25, -0.2) is 0 Å². The van der Waals surface area contributed by atoms with Crippen LogP contribution >= 0.6 is 0 Å². The predicted molar refractivity (Wildman–Crippen MR) is 80.0 cm³/mol. The van der Waals surface area contributed by atoms with Gasteiger partial charge in [0, 0.05) is 32.8 Å². The minimum Gasteiger partial charge on any atom is -0.383 e. The number of nitrogens with one attached hydrogen (secondary N) is 1. The number of aromatic nitrogens is 5. The summed E-state index contributed by atoms with van der Waals surface area (Å²) >= 11 is 0. The number of hydrogen-bond acceptors (Lipinski definition) is 5. The van der Waals surface area contributed by atoms with Crippen LogP contribution in [0, 0.1) is 6.92 Å². The fourth-order valence-electron chi connectivity index (χ4n) is 2.14. The molecule has 1 N–H and O–H groups in total. The summed E-state index contributed by atoms with van der Waals surface area (Å²) in [5.74, 6) is 0.683. The molecule has 0 saturated heterocycles. The number of aryl methyl sites for hydroxylation is 2. The third-order valence-corrected chi connectivity index (χ3v) is 3.28. The van der Waals surface area contributed by atoms with E-state index in [0.717, 1.165) is 11.4 Å². The van der Waals surface area contributed by atoms with E-state index in [2.05, 4.69) is 20.6 Å². The van der Waals surface area contributed by atoms with Crippen LogP contribution in [0.15, 0.2) is 18.7 Å². The first kappa shape index (κ1) is 16.2. The number of hydrogen-bond donors (Lipinski definition) is 1. The molecule has 0 aliphatic rings.